The van der Waals surface area contributed by atoms with Crippen LogP contribution in [0.25, 0.3) is 11.1 Å². The number of halogens is 1. The number of benzene rings is 2. The van der Waals surface area contributed by atoms with Crippen molar-refractivity contribution < 1.29 is 9.21 Å². The van der Waals surface area contributed by atoms with E-state index in [1.165, 1.54) is 4.57 Å². The highest BCUT2D eigenvalue weighted by molar-refractivity contribution is 9.10. The molecule has 2 aromatic carbocycles. The Morgan fingerprint density at radius 3 is 2.50 bits per heavy atom. The van der Waals surface area contributed by atoms with Gasteiger partial charge in [0.1, 0.15) is 0 Å². The highest BCUT2D eigenvalue weighted by Crippen LogP contribution is 2.21. The van der Waals surface area contributed by atoms with Gasteiger partial charge in [-0.15, -0.1) is 0 Å². The number of oxazole rings is 1. The average Bonchev–Trinajstić information content (AvgIpc) is 2.85. The largest absolute Gasteiger partial charge is 0.419 e. The molecule has 0 unspecified atom stereocenters. The van der Waals surface area contributed by atoms with E-state index in [4.69, 9.17) is 4.42 Å². The minimum Gasteiger partial charge on any atom is -0.408 e. The maximum absolute atomic E-state index is 12.1. The molecule has 1 heterocycles. The van der Waals surface area contributed by atoms with E-state index < -0.39 is 5.76 Å². The number of urea groups is 1. The average molecular weight is 390 g/mol. The molecule has 0 spiro atoms. The van der Waals surface area contributed by atoms with E-state index in [-0.39, 0.29) is 6.03 Å². The first-order valence-electron chi connectivity index (χ1n) is 7.45. The smallest absolute Gasteiger partial charge is 0.408 e. The quantitative estimate of drug-likeness (QED) is 0.699. The number of hydrogen-bond acceptors (Lipinski definition) is 3. The van der Waals surface area contributed by atoms with Crippen LogP contribution in [0.5, 0.6) is 0 Å². The summed E-state index contributed by atoms with van der Waals surface area (Å²) in [6.45, 7) is 4.35. The predicted molar refractivity (Wildman–Crippen MR) is 97.7 cm³/mol. The van der Waals surface area contributed by atoms with Crippen LogP contribution in [0.2, 0.25) is 0 Å². The lowest BCUT2D eigenvalue weighted by atomic mass is 10.2. The lowest BCUT2D eigenvalue weighted by Crippen LogP contribution is -2.19. The minimum atomic E-state index is -0.403. The van der Waals surface area contributed by atoms with Gasteiger partial charge in [-0.25, -0.2) is 9.59 Å². The van der Waals surface area contributed by atoms with Gasteiger partial charge in [0.15, 0.2) is 5.58 Å². The molecule has 0 aliphatic rings. The Morgan fingerprint density at radius 2 is 1.83 bits per heavy atom. The summed E-state index contributed by atoms with van der Waals surface area (Å²) in [4.78, 5) is 23.8. The van der Waals surface area contributed by atoms with Crippen LogP contribution in [0.15, 0.2) is 50.1 Å². The number of amides is 2. The van der Waals surface area contributed by atoms with Crippen LogP contribution in [0.4, 0.5) is 16.2 Å². The third kappa shape index (κ3) is 3.21. The van der Waals surface area contributed by atoms with Gasteiger partial charge in [-0.2, -0.15) is 0 Å². The molecule has 24 heavy (non-hydrogen) atoms. The normalized spacial score (nSPS) is 10.8. The number of rotatable bonds is 3. The summed E-state index contributed by atoms with van der Waals surface area (Å²) in [6, 6.07) is 10.3. The fourth-order valence-electron chi connectivity index (χ4n) is 2.46. The molecule has 0 fully saturated rings. The molecule has 0 saturated carbocycles. The Morgan fingerprint density at radius 1 is 1.17 bits per heavy atom. The molecule has 3 rings (SSSR count). The van der Waals surface area contributed by atoms with Crippen molar-refractivity contribution in [1.29, 1.82) is 0 Å². The topological polar surface area (TPSA) is 76.3 Å². The van der Waals surface area contributed by atoms with Crippen molar-refractivity contribution in [1.82, 2.24) is 4.57 Å². The van der Waals surface area contributed by atoms with Crippen molar-refractivity contribution in [3.8, 4) is 0 Å². The first-order valence-corrected chi connectivity index (χ1v) is 8.25. The third-order valence-corrected chi connectivity index (χ3v) is 4.55. The van der Waals surface area contributed by atoms with Crippen molar-refractivity contribution in [3.63, 3.8) is 0 Å². The maximum atomic E-state index is 12.1. The minimum absolute atomic E-state index is 0.367. The molecular formula is C17H16BrN3O3. The van der Waals surface area contributed by atoms with Crippen LogP contribution in [0.1, 0.15) is 12.5 Å². The first kappa shape index (κ1) is 16.3. The zero-order valence-corrected chi connectivity index (χ0v) is 14.8. The zero-order chi connectivity index (χ0) is 17.3. The zero-order valence-electron chi connectivity index (χ0n) is 13.2. The molecule has 0 radical (unpaired) electrons. The summed E-state index contributed by atoms with van der Waals surface area (Å²) in [5.41, 5.74) is 3.41. The lowest BCUT2D eigenvalue weighted by molar-refractivity contribution is 0.262. The van der Waals surface area contributed by atoms with E-state index in [1.807, 2.05) is 26.0 Å². The molecule has 2 amide bonds. The number of nitrogens with zero attached hydrogens (tertiary/aromatic N) is 1. The van der Waals surface area contributed by atoms with E-state index >= 15 is 0 Å². The Kier molecular flexibility index (Phi) is 4.44. The van der Waals surface area contributed by atoms with Crippen molar-refractivity contribution in [2.45, 2.75) is 20.4 Å². The number of carbonyl (C=O) groups is 1. The van der Waals surface area contributed by atoms with Crippen LogP contribution in [0.3, 0.4) is 0 Å². The summed E-state index contributed by atoms with van der Waals surface area (Å²) in [6.07, 6.45) is 0. The van der Waals surface area contributed by atoms with E-state index in [2.05, 4.69) is 26.6 Å². The number of fused-ring (bicyclic) bond motifs is 1. The van der Waals surface area contributed by atoms with Crippen LogP contribution >= 0.6 is 15.9 Å². The van der Waals surface area contributed by atoms with Crippen LogP contribution in [-0.4, -0.2) is 10.6 Å². The fourth-order valence-corrected chi connectivity index (χ4v) is 2.71. The number of anilines is 2. The Bertz CT molecular complexity index is 975. The molecule has 0 aliphatic carbocycles. The second-order valence-electron chi connectivity index (χ2n) is 5.34. The van der Waals surface area contributed by atoms with Gasteiger partial charge in [-0.05, 0) is 49.7 Å². The highest BCUT2D eigenvalue weighted by atomic mass is 79.9. The molecule has 6 nitrogen and oxygen atoms in total. The van der Waals surface area contributed by atoms with E-state index in [9.17, 15) is 9.59 Å². The number of nitrogens with one attached hydrogen (secondary N) is 2. The van der Waals surface area contributed by atoms with Gasteiger partial charge < -0.3 is 15.1 Å². The second kappa shape index (κ2) is 6.52. The Hall–Kier alpha value is -2.54. The maximum Gasteiger partial charge on any atom is 0.419 e. The number of hydrogen-bond donors (Lipinski definition) is 2. The molecular weight excluding hydrogens is 374 g/mol. The molecule has 2 N–H and O–H groups in total. The molecule has 124 valence electrons. The van der Waals surface area contributed by atoms with Gasteiger partial charge in [-0.1, -0.05) is 15.9 Å². The van der Waals surface area contributed by atoms with Gasteiger partial charge in [0, 0.05) is 28.5 Å². The SMILES string of the molecule is CCn1c(=O)oc2cc(NC(=O)Nc3ccc(Br)c(C)c3)ccc21. The van der Waals surface area contributed by atoms with Crippen LogP contribution in [0, 0.1) is 6.92 Å². The van der Waals surface area contributed by atoms with Gasteiger partial charge >= 0.3 is 11.8 Å². The third-order valence-electron chi connectivity index (χ3n) is 3.66. The molecule has 0 bridgehead atoms. The van der Waals surface area contributed by atoms with Gasteiger partial charge in [0.25, 0.3) is 0 Å². The molecule has 3 aromatic rings. The Balaban J connectivity index is 1.77. The molecule has 0 aliphatic heterocycles. The predicted octanol–water partition coefficient (Wildman–Crippen LogP) is 4.33. The number of aryl methyl sites for hydroxylation is 2. The van der Waals surface area contributed by atoms with E-state index in [1.54, 1.807) is 24.3 Å². The standard InChI is InChI=1S/C17H16BrN3O3/c1-3-21-14-7-5-12(9-15(14)24-17(21)23)20-16(22)19-11-4-6-13(18)10(2)8-11/h4-9H,3H2,1-2H3,(H2,19,20,22). The van der Waals surface area contributed by atoms with E-state index in [0.717, 1.165) is 10.0 Å². The summed E-state index contributed by atoms with van der Waals surface area (Å²) in [7, 11) is 0. The van der Waals surface area contributed by atoms with Crippen molar-refractivity contribution in [2.75, 3.05) is 10.6 Å². The molecule has 0 saturated heterocycles. The second-order valence-corrected chi connectivity index (χ2v) is 6.19. The highest BCUT2D eigenvalue weighted by Gasteiger charge is 2.10. The molecule has 1 aromatic heterocycles. The number of aromatic nitrogens is 1. The van der Waals surface area contributed by atoms with Crippen LogP contribution in [-0.2, 0) is 6.54 Å². The summed E-state index contributed by atoms with van der Waals surface area (Å²) in [5, 5.41) is 5.50. The van der Waals surface area contributed by atoms with Gasteiger partial charge in [0.05, 0.1) is 5.52 Å². The fraction of sp³-hybridized carbons (Fsp3) is 0.176. The summed E-state index contributed by atoms with van der Waals surface area (Å²) < 4.78 is 7.70. The monoisotopic (exact) mass is 389 g/mol. The molecule has 0 atom stereocenters. The van der Waals surface area contributed by atoms with Crippen molar-refractivity contribution in [2.24, 2.45) is 0 Å². The van der Waals surface area contributed by atoms with Crippen molar-refractivity contribution in [3.05, 3.63) is 57.0 Å². The van der Waals surface area contributed by atoms with E-state index in [0.29, 0.717) is 29.0 Å². The summed E-state index contributed by atoms with van der Waals surface area (Å²) >= 11 is 3.42. The lowest BCUT2D eigenvalue weighted by Gasteiger charge is -2.09. The number of carbonyl (C=O) groups excluding carboxylic acids is 1. The Labute approximate surface area is 146 Å². The van der Waals surface area contributed by atoms with Gasteiger partial charge in [-0.3, -0.25) is 4.57 Å². The van der Waals surface area contributed by atoms with Crippen molar-refractivity contribution >= 4 is 44.4 Å². The van der Waals surface area contributed by atoms with Crippen LogP contribution < -0.4 is 16.4 Å². The van der Waals surface area contributed by atoms with Gasteiger partial charge in [0.2, 0.25) is 0 Å². The first-order chi connectivity index (χ1) is 11.5. The summed E-state index contributed by atoms with van der Waals surface area (Å²) in [5.74, 6) is -0.403. The molecule has 7 heteroatoms.